The molecule has 0 spiro atoms. The summed E-state index contributed by atoms with van der Waals surface area (Å²) in [6, 6.07) is 23.5. The van der Waals surface area contributed by atoms with Crippen molar-refractivity contribution >= 4 is 44.3 Å². The van der Waals surface area contributed by atoms with Gasteiger partial charge in [0.05, 0.1) is 29.2 Å². The molecule has 0 radical (unpaired) electrons. The molecule has 0 atom stereocenters. The molecule has 0 saturated carbocycles. The molecule has 0 bridgehead atoms. The Morgan fingerprint density at radius 2 is 1.68 bits per heavy atom. The second-order valence-electron chi connectivity index (χ2n) is 7.95. The monoisotopic (exact) mass is 467 g/mol. The maximum absolute atomic E-state index is 13.2. The molecule has 7 heteroatoms. The van der Waals surface area contributed by atoms with Crippen molar-refractivity contribution in [2.75, 3.05) is 13.7 Å². The molecule has 3 heterocycles. The Bertz CT molecular complexity index is 1750. The van der Waals surface area contributed by atoms with Crippen LogP contribution in [0, 0.1) is 0 Å². The molecule has 168 valence electrons. The van der Waals surface area contributed by atoms with Gasteiger partial charge in [-0.05, 0) is 48.5 Å². The number of hydrogen-bond donors (Lipinski definition) is 0. The summed E-state index contributed by atoms with van der Waals surface area (Å²) in [6.07, 6.45) is 4.06. The van der Waals surface area contributed by atoms with E-state index in [0.29, 0.717) is 22.6 Å². The molecule has 6 rings (SSSR count). The number of aromatic nitrogens is 3. The van der Waals surface area contributed by atoms with Crippen LogP contribution in [0.25, 0.3) is 33.0 Å². The Morgan fingerprint density at radius 1 is 0.941 bits per heavy atom. The highest BCUT2D eigenvalue weighted by molar-refractivity contribution is 7.15. The van der Waals surface area contributed by atoms with Crippen molar-refractivity contribution in [2.45, 2.75) is 6.54 Å². The molecule has 0 amide bonds. The summed E-state index contributed by atoms with van der Waals surface area (Å²) < 4.78 is 15.7. The van der Waals surface area contributed by atoms with Crippen LogP contribution in [-0.2, 0) is 6.54 Å². The molecule has 0 N–H and O–H groups in total. The van der Waals surface area contributed by atoms with Crippen molar-refractivity contribution in [1.29, 1.82) is 0 Å². The van der Waals surface area contributed by atoms with Gasteiger partial charge in [-0.1, -0.05) is 41.7 Å². The van der Waals surface area contributed by atoms with Crippen molar-refractivity contribution in [3.05, 3.63) is 99.4 Å². The Kier molecular flexibility index (Phi) is 5.04. The Morgan fingerprint density at radius 3 is 2.50 bits per heavy atom. The van der Waals surface area contributed by atoms with E-state index >= 15 is 0 Å². The fraction of sp³-hybridized carbons (Fsp3) is 0.111. The predicted molar refractivity (Wildman–Crippen MR) is 136 cm³/mol. The molecule has 0 saturated heterocycles. The number of methoxy groups -OCH3 is 1. The third kappa shape index (κ3) is 3.50. The lowest BCUT2D eigenvalue weighted by Crippen LogP contribution is -2.22. The molecule has 3 aromatic heterocycles. The molecule has 3 aromatic carbocycles. The number of nitrogens with zero attached hydrogens (tertiary/aromatic N) is 3. The minimum atomic E-state index is -0.0339. The second-order valence-corrected chi connectivity index (χ2v) is 8.96. The van der Waals surface area contributed by atoms with E-state index in [-0.39, 0.29) is 5.56 Å². The molecule has 0 fully saturated rings. The van der Waals surface area contributed by atoms with Crippen LogP contribution in [0.15, 0.2) is 83.8 Å². The molecule has 0 unspecified atom stereocenters. The van der Waals surface area contributed by atoms with E-state index in [1.165, 1.54) is 11.3 Å². The third-order valence-electron chi connectivity index (χ3n) is 5.91. The Balaban J connectivity index is 1.34. The second kappa shape index (κ2) is 8.35. The molecular formula is C27H21N3O3S. The number of ether oxygens (including phenoxy) is 2. The lowest BCUT2D eigenvalue weighted by molar-refractivity contribution is 0.300. The summed E-state index contributed by atoms with van der Waals surface area (Å²) in [5.41, 5.74) is 3.76. The molecule has 6 nitrogen and oxygen atoms in total. The van der Waals surface area contributed by atoms with Crippen molar-refractivity contribution in [1.82, 2.24) is 14.0 Å². The van der Waals surface area contributed by atoms with Crippen LogP contribution in [0.1, 0.15) is 5.56 Å². The average molecular weight is 468 g/mol. The number of rotatable bonds is 6. The van der Waals surface area contributed by atoms with Crippen LogP contribution in [-0.4, -0.2) is 27.7 Å². The molecule has 0 aliphatic heterocycles. The van der Waals surface area contributed by atoms with Gasteiger partial charge in [0, 0.05) is 22.7 Å². The first-order valence-electron chi connectivity index (χ1n) is 11.0. The minimum Gasteiger partial charge on any atom is -0.497 e. The summed E-state index contributed by atoms with van der Waals surface area (Å²) in [6.45, 7) is 1.21. The standard InChI is InChI=1S/C27H21N3O3S/c1-32-19-10-12-20(13-11-19)33-15-14-29-17-18(21-6-2-4-8-23(21)29)16-25-26(31)30-24-9-5-3-7-22(24)28-27(30)34-25/h2-13,16-17H,14-15H2,1H3/b25-16-. The van der Waals surface area contributed by atoms with E-state index in [9.17, 15) is 4.79 Å². The quantitative estimate of drug-likeness (QED) is 0.362. The number of imidazole rings is 1. The smallest absolute Gasteiger partial charge is 0.274 e. The van der Waals surface area contributed by atoms with E-state index in [2.05, 4.69) is 27.9 Å². The van der Waals surface area contributed by atoms with Crippen LogP contribution in [0.5, 0.6) is 11.5 Å². The van der Waals surface area contributed by atoms with E-state index in [0.717, 1.165) is 39.0 Å². The van der Waals surface area contributed by atoms with Crippen LogP contribution >= 0.6 is 11.3 Å². The summed E-state index contributed by atoms with van der Waals surface area (Å²) in [4.78, 5) is 18.5. The fourth-order valence-electron chi connectivity index (χ4n) is 4.26. The summed E-state index contributed by atoms with van der Waals surface area (Å²) in [5, 5.41) is 1.10. The van der Waals surface area contributed by atoms with Crippen molar-refractivity contribution in [3.63, 3.8) is 0 Å². The number of thiazole rings is 1. The maximum Gasteiger partial charge on any atom is 0.274 e. The fourth-order valence-corrected chi connectivity index (χ4v) is 5.24. The summed E-state index contributed by atoms with van der Waals surface area (Å²) >= 11 is 1.42. The van der Waals surface area contributed by atoms with Gasteiger partial charge in [-0.15, -0.1) is 0 Å². The van der Waals surface area contributed by atoms with Crippen LogP contribution < -0.4 is 19.6 Å². The van der Waals surface area contributed by atoms with Gasteiger partial charge in [-0.2, -0.15) is 0 Å². The normalized spacial score (nSPS) is 12.2. The van der Waals surface area contributed by atoms with Gasteiger partial charge >= 0.3 is 0 Å². The first-order chi connectivity index (χ1) is 16.7. The molecule has 34 heavy (non-hydrogen) atoms. The highest BCUT2D eigenvalue weighted by Crippen LogP contribution is 2.23. The van der Waals surface area contributed by atoms with Crippen LogP contribution in [0.3, 0.4) is 0 Å². The number of hydrogen-bond acceptors (Lipinski definition) is 5. The van der Waals surface area contributed by atoms with Gasteiger partial charge in [0.2, 0.25) is 0 Å². The van der Waals surface area contributed by atoms with E-state index in [1.54, 1.807) is 11.5 Å². The van der Waals surface area contributed by atoms with Crippen molar-refractivity contribution in [3.8, 4) is 11.5 Å². The summed E-state index contributed by atoms with van der Waals surface area (Å²) in [7, 11) is 1.65. The van der Waals surface area contributed by atoms with E-state index < -0.39 is 0 Å². The number of benzene rings is 3. The molecule has 0 aliphatic carbocycles. The largest absolute Gasteiger partial charge is 0.497 e. The highest BCUT2D eigenvalue weighted by Gasteiger charge is 2.12. The summed E-state index contributed by atoms with van der Waals surface area (Å²) in [5.74, 6) is 1.60. The molecule has 0 aliphatic rings. The zero-order valence-electron chi connectivity index (χ0n) is 18.5. The van der Waals surface area contributed by atoms with Gasteiger partial charge in [-0.25, -0.2) is 9.38 Å². The lowest BCUT2D eigenvalue weighted by Gasteiger charge is -2.09. The lowest BCUT2D eigenvalue weighted by atomic mass is 10.2. The first kappa shape index (κ1) is 20.5. The van der Waals surface area contributed by atoms with Gasteiger partial charge in [-0.3, -0.25) is 4.79 Å². The predicted octanol–water partition coefficient (Wildman–Crippen LogP) is 4.50. The molecule has 6 aromatic rings. The third-order valence-corrected chi connectivity index (χ3v) is 6.88. The highest BCUT2D eigenvalue weighted by atomic mass is 32.1. The van der Waals surface area contributed by atoms with E-state index in [4.69, 9.17) is 9.47 Å². The SMILES string of the molecule is COc1ccc(OCCn2cc(/C=c3\sc4nc5ccccc5n4c3=O)c3ccccc32)cc1. The van der Waals surface area contributed by atoms with Gasteiger partial charge in [0.25, 0.3) is 5.56 Å². The van der Waals surface area contributed by atoms with Crippen molar-refractivity contribution < 1.29 is 9.47 Å². The van der Waals surface area contributed by atoms with E-state index in [1.807, 2.05) is 66.7 Å². The maximum atomic E-state index is 13.2. The number of para-hydroxylation sites is 3. The van der Waals surface area contributed by atoms with Crippen molar-refractivity contribution in [2.24, 2.45) is 0 Å². The topological polar surface area (TPSA) is 57.8 Å². The molecular weight excluding hydrogens is 446 g/mol. The number of fused-ring (bicyclic) bond motifs is 4. The van der Waals surface area contributed by atoms with Crippen LogP contribution in [0.2, 0.25) is 0 Å². The van der Waals surface area contributed by atoms with Crippen LogP contribution in [0.4, 0.5) is 0 Å². The zero-order chi connectivity index (χ0) is 23.1. The Labute approximate surface area is 198 Å². The average Bonchev–Trinajstić information content (AvgIpc) is 3.51. The zero-order valence-corrected chi connectivity index (χ0v) is 19.3. The van der Waals surface area contributed by atoms with Gasteiger partial charge in [0.15, 0.2) is 4.96 Å². The van der Waals surface area contributed by atoms with Gasteiger partial charge in [0.1, 0.15) is 18.1 Å². The van der Waals surface area contributed by atoms with Gasteiger partial charge < -0.3 is 14.0 Å². The minimum absolute atomic E-state index is 0.0339. The first-order valence-corrected chi connectivity index (χ1v) is 11.8. The Hall–Kier alpha value is -4.10.